The van der Waals surface area contributed by atoms with Gasteiger partial charge in [-0.25, -0.2) is 0 Å². The predicted octanol–water partition coefficient (Wildman–Crippen LogP) is 2.33. The lowest BCUT2D eigenvalue weighted by molar-refractivity contribution is -0.131. The zero-order chi connectivity index (χ0) is 15.2. The van der Waals surface area contributed by atoms with Crippen molar-refractivity contribution in [2.45, 2.75) is 25.4 Å². The van der Waals surface area contributed by atoms with Crippen LogP contribution < -0.4 is 5.32 Å². The second-order valence-corrected chi connectivity index (χ2v) is 5.24. The van der Waals surface area contributed by atoms with Gasteiger partial charge in [-0.2, -0.15) is 0 Å². The molecule has 1 aromatic carbocycles. The molecule has 0 saturated carbocycles. The zero-order valence-electron chi connectivity index (χ0n) is 12.2. The Bertz CT molecular complexity index is 635. The van der Waals surface area contributed by atoms with Gasteiger partial charge in [-0.15, -0.1) is 0 Å². The van der Waals surface area contributed by atoms with Crippen molar-refractivity contribution in [3.8, 4) is 0 Å². The van der Waals surface area contributed by atoms with Crippen molar-refractivity contribution >= 4 is 11.6 Å². The summed E-state index contributed by atoms with van der Waals surface area (Å²) in [4.78, 5) is 17.3. The van der Waals surface area contributed by atoms with E-state index < -0.39 is 6.10 Å². The minimum absolute atomic E-state index is 0.127. The lowest BCUT2D eigenvalue weighted by Crippen LogP contribution is -2.36. The quantitative estimate of drug-likeness (QED) is 0.890. The summed E-state index contributed by atoms with van der Waals surface area (Å²) < 4.78 is 5.22. The molecule has 0 aliphatic carbocycles. The molecule has 0 bridgehead atoms. The molecule has 5 heteroatoms. The van der Waals surface area contributed by atoms with Gasteiger partial charge >= 0.3 is 0 Å². The minimum Gasteiger partial charge on any atom is -0.469 e. The summed E-state index contributed by atoms with van der Waals surface area (Å²) in [5.74, 6) is 0.729. The van der Waals surface area contributed by atoms with Crippen LogP contribution in [-0.4, -0.2) is 24.3 Å². The largest absolute Gasteiger partial charge is 0.469 e. The van der Waals surface area contributed by atoms with E-state index in [2.05, 4.69) is 10.5 Å². The van der Waals surface area contributed by atoms with Crippen molar-refractivity contribution in [1.29, 1.82) is 0 Å². The number of hydrogen-bond donors (Lipinski definition) is 1. The highest BCUT2D eigenvalue weighted by Crippen LogP contribution is 2.14. The van der Waals surface area contributed by atoms with Crippen LogP contribution in [0.5, 0.6) is 0 Å². The molecule has 114 valence electrons. The third-order valence-electron chi connectivity index (χ3n) is 3.52. The summed E-state index contributed by atoms with van der Waals surface area (Å²) in [6.45, 7) is 0.528. The van der Waals surface area contributed by atoms with Gasteiger partial charge in [-0.3, -0.25) is 4.79 Å². The first-order chi connectivity index (χ1) is 10.8. The molecule has 1 amide bonds. The molecule has 1 atom stereocenters. The number of benzene rings is 1. The molecule has 0 radical (unpaired) electrons. The van der Waals surface area contributed by atoms with Crippen LogP contribution in [-0.2, 0) is 22.5 Å². The van der Waals surface area contributed by atoms with Gasteiger partial charge in [0.25, 0.3) is 5.91 Å². The maximum atomic E-state index is 12.0. The van der Waals surface area contributed by atoms with Gasteiger partial charge < -0.3 is 14.6 Å². The van der Waals surface area contributed by atoms with E-state index >= 15 is 0 Å². The fraction of sp³-hybridized carbons (Fsp3) is 0.294. The van der Waals surface area contributed by atoms with Crippen LogP contribution in [0, 0.1) is 0 Å². The Morgan fingerprint density at radius 1 is 1.23 bits per heavy atom. The van der Waals surface area contributed by atoms with Gasteiger partial charge in [-0.05, 0) is 17.7 Å². The molecule has 2 aromatic rings. The van der Waals surface area contributed by atoms with Crippen LogP contribution in [0.1, 0.15) is 17.7 Å². The van der Waals surface area contributed by atoms with Gasteiger partial charge in [0, 0.05) is 25.8 Å². The first kappa shape index (κ1) is 14.4. The van der Waals surface area contributed by atoms with Gasteiger partial charge in [0.1, 0.15) is 5.76 Å². The van der Waals surface area contributed by atoms with E-state index in [1.54, 1.807) is 6.26 Å². The Morgan fingerprint density at radius 2 is 2.09 bits per heavy atom. The minimum atomic E-state index is -0.518. The fourth-order valence-electron chi connectivity index (χ4n) is 2.38. The molecule has 0 fully saturated rings. The maximum Gasteiger partial charge on any atom is 0.264 e. The second kappa shape index (κ2) is 6.93. The molecule has 0 unspecified atom stereocenters. The first-order valence-electron chi connectivity index (χ1n) is 7.37. The Morgan fingerprint density at radius 3 is 2.86 bits per heavy atom. The number of amides is 1. The topological polar surface area (TPSA) is 63.8 Å². The highest BCUT2D eigenvalue weighted by atomic mass is 16.6. The molecule has 5 nitrogen and oxygen atoms in total. The van der Waals surface area contributed by atoms with Crippen LogP contribution in [0.2, 0.25) is 0 Å². The molecule has 0 saturated heterocycles. The average Bonchev–Trinajstić information content (AvgIpc) is 3.20. The number of carbonyl (C=O) groups excluding carboxylic acids is 1. The smallest absolute Gasteiger partial charge is 0.264 e. The molecule has 2 heterocycles. The monoisotopic (exact) mass is 298 g/mol. The van der Waals surface area contributed by atoms with Gasteiger partial charge in [-0.1, -0.05) is 35.5 Å². The Kier molecular flexibility index (Phi) is 4.53. The molecule has 3 rings (SSSR count). The van der Waals surface area contributed by atoms with Crippen LogP contribution in [0.15, 0.2) is 58.3 Å². The van der Waals surface area contributed by atoms with E-state index in [0.717, 1.165) is 17.9 Å². The Hall–Kier alpha value is -2.56. The third-order valence-corrected chi connectivity index (χ3v) is 3.52. The number of furan rings is 1. The first-order valence-corrected chi connectivity index (χ1v) is 7.37. The van der Waals surface area contributed by atoms with Crippen molar-refractivity contribution < 1.29 is 14.0 Å². The average molecular weight is 298 g/mol. The lowest BCUT2D eigenvalue weighted by Gasteiger charge is -2.08. The highest BCUT2D eigenvalue weighted by molar-refractivity contribution is 5.93. The normalized spacial score (nSPS) is 16.9. The van der Waals surface area contributed by atoms with E-state index in [1.807, 2.05) is 42.5 Å². The van der Waals surface area contributed by atoms with Crippen molar-refractivity contribution in [1.82, 2.24) is 5.32 Å². The molecule has 22 heavy (non-hydrogen) atoms. The lowest BCUT2D eigenvalue weighted by atomic mass is 10.0. The van der Waals surface area contributed by atoms with Crippen molar-refractivity contribution in [2.24, 2.45) is 5.16 Å². The Balaban J connectivity index is 1.42. The standard InChI is InChI=1S/C17H18N2O3/c20-17(18-9-8-15-7-4-10-21-15)16-12-14(19-22-16)11-13-5-2-1-3-6-13/h1-7,10,16H,8-9,11-12H2,(H,18,20)/t16-/m1/s1. The number of hydrogen-bond acceptors (Lipinski definition) is 4. The van der Waals surface area contributed by atoms with Crippen LogP contribution in [0.4, 0.5) is 0 Å². The van der Waals surface area contributed by atoms with Gasteiger partial charge in [0.05, 0.1) is 12.0 Å². The highest BCUT2D eigenvalue weighted by Gasteiger charge is 2.27. The van der Waals surface area contributed by atoms with E-state index in [0.29, 0.717) is 19.4 Å². The summed E-state index contributed by atoms with van der Waals surface area (Å²) in [7, 11) is 0. The van der Waals surface area contributed by atoms with E-state index in [1.165, 1.54) is 5.56 Å². The molecular weight excluding hydrogens is 280 g/mol. The number of nitrogens with one attached hydrogen (secondary N) is 1. The summed E-state index contributed by atoms with van der Waals surface area (Å²) in [6, 6.07) is 13.8. The van der Waals surface area contributed by atoms with Crippen LogP contribution >= 0.6 is 0 Å². The molecule has 1 aliphatic heterocycles. The van der Waals surface area contributed by atoms with Crippen LogP contribution in [0.25, 0.3) is 0 Å². The van der Waals surface area contributed by atoms with Crippen molar-refractivity contribution in [2.75, 3.05) is 6.54 Å². The van der Waals surface area contributed by atoms with E-state index in [-0.39, 0.29) is 5.91 Å². The van der Waals surface area contributed by atoms with Gasteiger partial charge in [0.2, 0.25) is 6.10 Å². The summed E-state index contributed by atoms with van der Waals surface area (Å²) in [5, 5.41) is 6.88. The second-order valence-electron chi connectivity index (χ2n) is 5.24. The maximum absolute atomic E-state index is 12.0. The Labute approximate surface area is 129 Å². The van der Waals surface area contributed by atoms with Crippen molar-refractivity contribution in [3.63, 3.8) is 0 Å². The van der Waals surface area contributed by atoms with E-state index in [9.17, 15) is 4.79 Å². The zero-order valence-corrected chi connectivity index (χ0v) is 12.2. The van der Waals surface area contributed by atoms with Gasteiger partial charge in [0.15, 0.2) is 0 Å². The SMILES string of the molecule is O=C(NCCc1ccco1)[C@H]1CC(Cc2ccccc2)=NO1. The molecule has 1 aliphatic rings. The number of carbonyl (C=O) groups is 1. The molecule has 0 spiro atoms. The van der Waals surface area contributed by atoms with Crippen LogP contribution in [0.3, 0.4) is 0 Å². The summed E-state index contributed by atoms with van der Waals surface area (Å²) in [5.41, 5.74) is 2.07. The predicted molar refractivity (Wildman–Crippen MR) is 82.5 cm³/mol. The third kappa shape index (κ3) is 3.75. The summed E-state index contributed by atoms with van der Waals surface area (Å²) in [6.07, 6.45) is 3.04. The summed E-state index contributed by atoms with van der Waals surface area (Å²) >= 11 is 0. The number of rotatable bonds is 6. The fourth-order valence-corrected chi connectivity index (χ4v) is 2.38. The van der Waals surface area contributed by atoms with E-state index in [4.69, 9.17) is 9.25 Å². The van der Waals surface area contributed by atoms with Crippen molar-refractivity contribution in [3.05, 3.63) is 60.1 Å². The molecule has 1 aromatic heterocycles. The number of oxime groups is 1. The number of nitrogens with zero attached hydrogens (tertiary/aromatic N) is 1. The molecule has 1 N–H and O–H groups in total. The molecular formula is C17H18N2O3.